The molecule has 0 aliphatic heterocycles. The topological polar surface area (TPSA) is 24.1 Å². The molecule has 10 rings (SSSR count). The van der Waals surface area contributed by atoms with Gasteiger partial charge in [0, 0.05) is 0 Å². The fourth-order valence-corrected chi connectivity index (χ4v) is 67.3. The Morgan fingerprint density at radius 3 is 1.00 bits per heavy atom. The van der Waals surface area contributed by atoms with Crippen molar-refractivity contribution in [1.82, 2.24) is 6.61 Å². The summed E-state index contributed by atoms with van der Waals surface area (Å²) in [4.78, 5) is 0. The van der Waals surface area contributed by atoms with Crippen molar-refractivity contribution in [1.29, 1.82) is 0 Å². The van der Waals surface area contributed by atoms with Gasteiger partial charge >= 0.3 is 430 Å². The Hall–Kier alpha value is -3.57. The Morgan fingerprint density at radius 1 is 0.343 bits per heavy atom. The first kappa shape index (κ1) is 54.2. The van der Waals surface area contributed by atoms with Gasteiger partial charge in [0.2, 0.25) is 0 Å². The molecule has 2 aliphatic carbocycles. The van der Waals surface area contributed by atoms with Crippen molar-refractivity contribution in [3.05, 3.63) is 229 Å². The van der Waals surface area contributed by atoms with E-state index in [0.29, 0.717) is 0 Å². The zero-order chi connectivity index (χ0) is 46.3. The van der Waals surface area contributed by atoms with E-state index in [4.69, 9.17) is 0 Å². The molecule has 0 unspecified atom stereocenters. The van der Waals surface area contributed by atoms with Crippen LogP contribution in [-0.4, -0.2) is 25.1 Å². The first-order valence-corrected chi connectivity index (χ1v) is 48.6. The summed E-state index contributed by atoms with van der Waals surface area (Å²) in [6.45, 7) is 6.94. The van der Waals surface area contributed by atoms with Crippen LogP contribution in [0.25, 0.3) is 22.3 Å². The number of hydrogen-bond donors (Lipinski definition) is 2. The van der Waals surface area contributed by atoms with Crippen LogP contribution in [0.15, 0.2) is 206 Å². The molecule has 0 saturated heterocycles. The van der Waals surface area contributed by atoms with Gasteiger partial charge in [-0.1, -0.05) is 0 Å². The van der Waals surface area contributed by atoms with Crippen molar-refractivity contribution in [2.75, 3.05) is 13.1 Å². The molecule has 8 aromatic rings. The minimum Gasteiger partial charge on any atom is -1.00 e. The summed E-state index contributed by atoms with van der Waals surface area (Å²) in [6.07, 6.45) is 12.7. The van der Waals surface area contributed by atoms with Gasteiger partial charge in [0.05, 0.1) is 0 Å². The van der Waals surface area contributed by atoms with Crippen molar-refractivity contribution in [2.24, 2.45) is 0 Å². The monoisotopic (exact) mass is 1330 g/mol. The summed E-state index contributed by atoms with van der Waals surface area (Å²) >= 11 is -4.98. The minimum absolute atomic E-state index is 0. The molecular formula is C62H68Cl2Hf2N2Si2. The predicted molar refractivity (Wildman–Crippen MR) is 292 cm³/mol. The molecule has 0 bridgehead atoms. The summed E-state index contributed by atoms with van der Waals surface area (Å²) in [5.74, 6) is -2.76. The molecule has 0 atom stereocenters. The second kappa shape index (κ2) is 28.0. The van der Waals surface area contributed by atoms with Gasteiger partial charge in [-0.05, 0) is 0 Å². The fraction of sp³-hybridized carbons (Fsp3) is 0.226. The number of hydrogen-bond acceptors (Lipinski definition) is 2. The van der Waals surface area contributed by atoms with Crippen LogP contribution >= 0.6 is 0 Å². The molecule has 0 heterocycles. The Morgan fingerprint density at radius 2 is 0.657 bits per heavy atom. The maximum absolute atomic E-state index is 4.32. The SMILES string of the molecule is CCCCCC[NH][Hf+]([c]1cccc2c1Cc1ccccc1-2)[SiH](c1ccccc1)c1ccccc1.CCCCCC[NH][Hf+]([c]1cccc2c1Cc1ccccc1-2)[SiH](c1ccccc1)c1ccccc1.[Cl-].[Cl-]. The molecule has 0 spiro atoms. The average molecular weight is 1330 g/mol. The molecule has 8 heteroatoms. The predicted octanol–water partition coefficient (Wildman–Crippen LogP) is 4.26. The molecule has 8 aromatic carbocycles. The summed E-state index contributed by atoms with van der Waals surface area (Å²) in [7, 11) is 0. The summed E-state index contributed by atoms with van der Waals surface area (Å²) < 4.78 is 12.1. The average Bonchev–Trinajstić information content (AvgIpc) is 3.98. The fourth-order valence-electron chi connectivity index (χ4n) is 10.7. The van der Waals surface area contributed by atoms with Crippen LogP contribution in [0.4, 0.5) is 0 Å². The maximum atomic E-state index is 4.32. The van der Waals surface area contributed by atoms with Crippen molar-refractivity contribution < 1.29 is 66.6 Å². The van der Waals surface area contributed by atoms with E-state index in [1.54, 1.807) is 38.5 Å². The maximum Gasteiger partial charge on any atom is -1.00 e. The summed E-state index contributed by atoms with van der Waals surface area (Å²) in [6, 6.07) is 78.3. The first-order valence-electron chi connectivity index (χ1n) is 25.6. The van der Waals surface area contributed by atoms with Gasteiger partial charge in [0.1, 0.15) is 0 Å². The number of halogens is 2. The molecule has 356 valence electrons. The Bertz CT molecular complexity index is 2550. The van der Waals surface area contributed by atoms with Crippen LogP contribution in [0.5, 0.6) is 0 Å². The minimum atomic E-state index is -2.49. The second-order valence-corrected chi connectivity index (χ2v) is 57.3. The van der Waals surface area contributed by atoms with E-state index in [0.717, 1.165) is 12.8 Å². The van der Waals surface area contributed by atoms with Crippen LogP contribution in [-0.2, 0) is 54.6 Å². The van der Waals surface area contributed by atoms with Crippen LogP contribution in [0.3, 0.4) is 0 Å². The molecule has 0 saturated carbocycles. The molecule has 0 radical (unpaired) electrons. The van der Waals surface area contributed by atoms with Crippen LogP contribution < -0.4 is 58.8 Å². The zero-order valence-corrected chi connectivity index (χ0v) is 52.0. The molecule has 0 aromatic heterocycles. The number of benzene rings is 8. The van der Waals surface area contributed by atoms with Gasteiger partial charge in [-0.25, -0.2) is 0 Å². The number of fused-ring (bicyclic) bond motifs is 6. The van der Waals surface area contributed by atoms with Gasteiger partial charge in [0.25, 0.3) is 0 Å². The third kappa shape index (κ3) is 13.1. The van der Waals surface area contributed by atoms with E-state index in [-0.39, 0.29) is 24.8 Å². The van der Waals surface area contributed by atoms with E-state index in [1.807, 2.05) is 0 Å². The smallest absolute Gasteiger partial charge is 1.00 e. The summed E-state index contributed by atoms with van der Waals surface area (Å²) in [5, 5.41) is 6.41. The number of unbranched alkanes of at least 4 members (excludes halogenated alkanes) is 6. The Labute approximate surface area is 450 Å². The molecule has 0 amide bonds. The quantitative estimate of drug-likeness (QED) is 0.0883. The zero-order valence-electron chi connectivity index (χ0n) is 41.0. The normalized spacial score (nSPS) is 11.6. The molecule has 2 nitrogen and oxygen atoms in total. The van der Waals surface area contributed by atoms with Gasteiger partial charge in [-0.2, -0.15) is 0 Å². The standard InChI is InChI=1S/2C13H9.2C12H11Si.2C6H14N.2ClH.2Hf/c2*1-3-7-12-10(5-1)9-11-6-2-4-8-13(11)12;2*1-3-7-11(8-4-1)13-12-9-5-2-6-10-12;2*1-2-3-4-5-6-7;;;;/h2*1-5,7-8H,9H2;2*1-10,13H;2*7H,2-6H2,1H3;2*1H;;/q;;;;2*-1;;;2*+2/p-2. The van der Waals surface area contributed by atoms with Crippen LogP contribution in [0, 0.1) is 0 Å². The van der Waals surface area contributed by atoms with Gasteiger partial charge in [-0.15, -0.1) is 0 Å². The summed E-state index contributed by atoms with van der Waals surface area (Å²) in [5.41, 5.74) is 12.1. The van der Waals surface area contributed by atoms with Crippen LogP contribution in [0.2, 0.25) is 0 Å². The molecule has 2 aliphatic rings. The Balaban J connectivity index is 0.000000201. The van der Waals surface area contributed by atoms with Gasteiger partial charge in [-0.3, -0.25) is 0 Å². The van der Waals surface area contributed by atoms with Crippen molar-refractivity contribution in [3.63, 3.8) is 0 Å². The number of nitrogens with one attached hydrogen (secondary N) is 2. The third-order valence-electron chi connectivity index (χ3n) is 14.1. The second-order valence-electron chi connectivity index (χ2n) is 18.6. The van der Waals surface area contributed by atoms with Crippen molar-refractivity contribution in [2.45, 2.75) is 78.1 Å². The van der Waals surface area contributed by atoms with Crippen molar-refractivity contribution >= 4 is 39.4 Å². The van der Waals surface area contributed by atoms with E-state index >= 15 is 0 Å². The van der Waals surface area contributed by atoms with Crippen LogP contribution in [0.1, 0.15) is 87.5 Å². The van der Waals surface area contributed by atoms with Gasteiger partial charge < -0.3 is 24.8 Å². The largest absolute Gasteiger partial charge is 1.00 e. The first-order chi connectivity index (χ1) is 33.7. The molecule has 70 heavy (non-hydrogen) atoms. The Kier molecular flexibility index (Phi) is 21.7. The van der Waals surface area contributed by atoms with E-state index in [9.17, 15) is 0 Å². The molecule has 0 fully saturated rings. The third-order valence-corrected chi connectivity index (χ3v) is 66.8. The van der Waals surface area contributed by atoms with Crippen molar-refractivity contribution in [3.8, 4) is 22.3 Å². The van der Waals surface area contributed by atoms with E-state index in [1.165, 1.54) is 97.8 Å². The van der Waals surface area contributed by atoms with E-state index < -0.39 is 53.8 Å². The molecule has 2 N–H and O–H groups in total. The van der Waals surface area contributed by atoms with E-state index in [2.05, 4.69) is 227 Å². The van der Waals surface area contributed by atoms with Gasteiger partial charge in [0.15, 0.2) is 0 Å². The number of rotatable bonds is 20. The molecular weight excluding hydrogens is 1260 g/mol.